The second-order valence-corrected chi connectivity index (χ2v) is 5.74. The predicted molar refractivity (Wildman–Crippen MR) is 87.2 cm³/mol. The van der Waals surface area contributed by atoms with Crippen LogP contribution in [0.2, 0.25) is 0 Å². The van der Waals surface area contributed by atoms with E-state index < -0.39 is 0 Å². The highest BCUT2D eigenvalue weighted by Crippen LogP contribution is 2.23. The molecule has 2 aromatic carbocycles. The molecule has 3 aromatic rings. The summed E-state index contributed by atoms with van der Waals surface area (Å²) in [7, 11) is 0. The van der Waals surface area contributed by atoms with Crippen LogP contribution in [-0.4, -0.2) is 29.0 Å². The smallest absolute Gasteiger partial charge is 0.120 e. The molecule has 0 aliphatic carbocycles. The lowest BCUT2D eigenvalue weighted by atomic mass is 10.2. The number of nitrogens with zero attached hydrogens (tertiary/aromatic N) is 2. The molecule has 2 heterocycles. The molecular weight excluding hydrogens is 274 g/mol. The van der Waals surface area contributed by atoms with Gasteiger partial charge in [-0.05, 0) is 36.7 Å². The lowest BCUT2D eigenvalue weighted by Crippen LogP contribution is -2.19. The highest BCUT2D eigenvalue weighted by atomic mass is 16.5. The summed E-state index contributed by atoms with van der Waals surface area (Å²) < 4.78 is 8.04. The van der Waals surface area contributed by atoms with Crippen LogP contribution in [0.25, 0.3) is 10.9 Å². The molecule has 4 rings (SSSR count). The number of nitrogens with one attached hydrogen (secondary N) is 1. The molecule has 1 aliphatic heterocycles. The third-order valence-electron chi connectivity index (χ3n) is 4.11. The van der Waals surface area contributed by atoms with E-state index in [2.05, 4.69) is 46.8 Å². The van der Waals surface area contributed by atoms with Gasteiger partial charge in [0.2, 0.25) is 0 Å². The quantitative estimate of drug-likeness (QED) is 0.804. The maximum absolute atomic E-state index is 6.01. The summed E-state index contributed by atoms with van der Waals surface area (Å²) in [5, 5.41) is 8.96. The molecule has 1 saturated heterocycles. The van der Waals surface area contributed by atoms with Crippen molar-refractivity contribution < 1.29 is 4.74 Å². The van der Waals surface area contributed by atoms with Gasteiger partial charge in [0.15, 0.2) is 0 Å². The van der Waals surface area contributed by atoms with Crippen molar-refractivity contribution in [1.29, 1.82) is 0 Å². The van der Waals surface area contributed by atoms with E-state index in [0.29, 0.717) is 0 Å². The van der Waals surface area contributed by atoms with E-state index in [1.54, 1.807) is 0 Å². The van der Waals surface area contributed by atoms with Crippen LogP contribution in [0.15, 0.2) is 54.7 Å². The van der Waals surface area contributed by atoms with Crippen molar-refractivity contribution in [1.82, 2.24) is 15.1 Å². The molecule has 0 amide bonds. The molecule has 4 heteroatoms. The minimum Gasteiger partial charge on any atom is -0.489 e. The molecule has 112 valence electrons. The summed E-state index contributed by atoms with van der Waals surface area (Å²) in [6.45, 7) is 2.77. The van der Waals surface area contributed by atoms with Gasteiger partial charge in [-0.1, -0.05) is 30.3 Å². The molecule has 1 fully saturated rings. The third-order valence-corrected chi connectivity index (χ3v) is 4.11. The van der Waals surface area contributed by atoms with Gasteiger partial charge in [0.05, 0.1) is 18.3 Å². The SMILES string of the molecule is c1ccc(Cn2ncc3cc(O[C@H]4CCNC4)ccc32)cc1. The standard InChI is InChI=1S/C18H19N3O/c1-2-4-14(5-3-1)13-21-18-7-6-16(10-15(18)11-20-21)22-17-8-9-19-12-17/h1-7,10-11,17,19H,8-9,12-13H2/t17-/m0/s1. The maximum atomic E-state index is 6.01. The first kappa shape index (κ1) is 13.3. The predicted octanol–water partition coefficient (Wildman–Crippen LogP) is 2.83. The van der Waals surface area contributed by atoms with Crippen molar-refractivity contribution >= 4 is 10.9 Å². The van der Waals surface area contributed by atoms with Crippen molar-refractivity contribution in [2.24, 2.45) is 0 Å². The molecular formula is C18H19N3O. The van der Waals surface area contributed by atoms with E-state index in [1.165, 1.54) is 5.56 Å². The Morgan fingerprint density at radius 1 is 1.18 bits per heavy atom. The first-order chi connectivity index (χ1) is 10.9. The Labute approximate surface area is 129 Å². The van der Waals surface area contributed by atoms with Crippen LogP contribution in [0.1, 0.15) is 12.0 Å². The first-order valence-corrected chi connectivity index (χ1v) is 7.75. The van der Waals surface area contributed by atoms with Crippen molar-refractivity contribution in [3.8, 4) is 5.75 Å². The zero-order valence-electron chi connectivity index (χ0n) is 12.4. The van der Waals surface area contributed by atoms with Crippen LogP contribution in [0.4, 0.5) is 0 Å². The Kier molecular flexibility index (Phi) is 3.52. The van der Waals surface area contributed by atoms with Gasteiger partial charge < -0.3 is 10.1 Å². The Morgan fingerprint density at radius 2 is 2.09 bits per heavy atom. The Balaban J connectivity index is 1.57. The molecule has 1 N–H and O–H groups in total. The minimum atomic E-state index is 0.289. The summed E-state index contributed by atoms with van der Waals surface area (Å²) in [6.07, 6.45) is 3.28. The van der Waals surface area contributed by atoms with Crippen molar-refractivity contribution in [3.05, 3.63) is 60.3 Å². The van der Waals surface area contributed by atoms with Gasteiger partial charge in [-0.25, -0.2) is 0 Å². The molecule has 1 aromatic heterocycles. The Morgan fingerprint density at radius 3 is 2.91 bits per heavy atom. The number of benzene rings is 2. The van der Waals surface area contributed by atoms with Crippen LogP contribution in [0, 0.1) is 0 Å². The van der Waals surface area contributed by atoms with Crippen molar-refractivity contribution in [2.45, 2.75) is 19.1 Å². The minimum absolute atomic E-state index is 0.289. The van der Waals surface area contributed by atoms with Crippen LogP contribution < -0.4 is 10.1 Å². The van der Waals surface area contributed by atoms with Gasteiger partial charge in [-0.2, -0.15) is 5.10 Å². The molecule has 4 nitrogen and oxygen atoms in total. The van der Waals surface area contributed by atoms with Crippen molar-refractivity contribution in [2.75, 3.05) is 13.1 Å². The summed E-state index contributed by atoms with van der Waals surface area (Å²) in [5.74, 6) is 0.931. The van der Waals surface area contributed by atoms with Crippen LogP contribution in [-0.2, 0) is 6.54 Å². The fourth-order valence-corrected chi connectivity index (χ4v) is 2.94. The fraction of sp³-hybridized carbons (Fsp3) is 0.278. The largest absolute Gasteiger partial charge is 0.489 e. The molecule has 0 radical (unpaired) electrons. The molecule has 0 bridgehead atoms. The van der Waals surface area contributed by atoms with Gasteiger partial charge in [0.1, 0.15) is 11.9 Å². The van der Waals surface area contributed by atoms with Crippen LogP contribution in [0.5, 0.6) is 5.75 Å². The number of hydrogen-bond donors (Lipinski definition) is 1. The second kappa shape index (κ2) is 5.81. The lowest BCUT2D eigenvalue weighted by molar-refractivity contribution is 0.223. The topological polar surface area (TPSA) is 39.1 Å². The Hall–Kier alpha value is -2.33. The van der Waals surface area contributed by atoms with Crippen molar-refractivity contribution in [3.63, 3.8) is 0 Å². The van der Waals surface area contributed by atoms with E-state index >= 15 is 0 Å². The maximum Gasteiger partial charge on any atom is 0.120 e. The highest BCUT2D eigenvalue weighted by Gasteiger charge is 2.16. The molecule has 0 saturated carbocycles. The number of hydrogen-bond acceptors (Lipinski definition) is 3. The lowest BCUT2D eigenvalue weighted by Gasteiger charge is -2.12. The van der Waals surface area contributed by atoms with E-state index in [4.69, 9.17) is 4.74 Å². The second-order valence-electron chi connectivity index (χ2n) is 5.74. The fourth-order valence-electron chi connectivity index (χ4n) is 2.94. The molecule has 22 heavy (non-hydrogen) atoms. The van der Waals surface area contributed by atoms with Gasteiger partial charge in [0.25, 0.3) is 0 Å². The zero-order valence-corrected chi connectivity index (χ0v) is 12.4. The van der Waals surface area contributed by atoms with Crippen LogP contribution >= 0.6 is 0 Å². The number of rotatable bonds is 4. The number of ether oxygens (including phenoxy) is 1. The monoisotopic (exact) mass is 293 g/mol. The van der Waals surface area contributed by atoms with Gasteiger partial charge >= 0.3 is 0 Å². The van der Waals surface area contributed by atoms with E-state index in [1.807, 2.05) is 23.0 Å². The normalized spacial score (nSPS) is 17.9. The highest BCUT2D eigenvalue weighted by molar-refractivity contribution is 5.80. The van der Waals surface area contributed by atoms with Gasteiger partial charge in [-0.15, -0.1) is 0 Å². The average molecular weight is 293 g/mol. The summed E-state index contributed by atoms with van der Waals surface area (Å²) in [6, 6.07) is 16.6. The molecule has 1 atom stereocenters. The van der Waals surface area contributed by atoms with Crippen LogP contribution in [0.3, 0.4) is 0 Å². The summed E-state index contributed by atoms with van der Waals surface area (Å²) >= 11 is 0. The number of fused-ring (bicyclic) bond motifs is 1. The third kappa shape index (κ3) is 2.70. The molecule has 0 spiro atoms. The van der Waals surface area contributed by atoms with E-state index in [0.717, 1.165) is 42.7 Å². The average Bonchev–Trinajstić information content (AvgIpc) is 3.19. The van der Waals surface area contributed by atoms with Gasteiger partial charge in [-0.3, -0.25) is 4.68 Å². The number of aromatic nitrogens is 2. The summed E-state index contributed by atoms with van der Waals surface area (Å²) in [5.41, 5.74) is 2.39. The summed E-state index contributed by atoms with van der Waals surface area (Å²) in [4.78, 5) is 0. The molecule has 0 unspecified atom stereocenters. The van der Waals surface area contributed by atoms with Gasteiger partial charge in [0, 0.05) is 11.9 Å². The molecule has 1 aliphatic rings. The Bertz CT molecular complexity index is 760. The zero-order chi connectivity index (χ0) is 14.8. The van der Waals surface area contributed by atoms with E-state index in [-0.39, 0.29) is 6.10 Å². The van der Waals surface area contributed by atoms with E-state index in [9.17, 15) is 0 Å². The first-order valence-electron chi connectivity index (χ1n) is 7.75.